The second-order valence-corrected chi connectivity index (χ2v) is 7.81. The summed E-state index contributed by atoms with van der Waals surface area (Å²) in [5.74, 6) is -0.192. The number of rotatable bonds is 6. The van der Waals surface area contributed by atoms with Crippen molar-refractivity contribution >= 4 is 39.6 Å². The second kappa shape index (κ2) is 8.88. The minimum Gasteiger partial charge on any atom is -0.397 e. The van der Waals surface area contributed by atoms with Crippen LogP contribution in [0.15, 0.2) is 103 Å². The zero-order valence-corrected chi connectivity index (χ0v) is 17.9. The Morgan fingerprint density at radius 3 is 2.39 bits per heavy atom. The number of nitrogens with two attached hydrogens (primary N) is 1. The van der Waals surface area contributed by atoms with E-state index < -0.39 is 0 Å². The van der Waals surface area contributed by atoms with Crippen LogP contribution in [0, 0.1) is 0 Å². The largest absolute Gasteiger partial charge is 0.397 e. The maximum Gasteiger partial charge on any atom is 0.255 e. The van der Waals surface area contributed by atoms with E-state index in [1.54, 1.807) is 12.1 Å². The van der Waals surface area contributed by atoms with Crippen LogP contribution in [0.2, 0.25) is 0 Å². The summed E-state index contributed by atoms with van der Waals surface area (Å²) in [6.45, 7) is 0.614. The number of carbonyl (C=O) groups excluding carboxylic acids is 1. The van der Waals surface area contributed by atoms with Crippen molar-refractivity contribution in [1.29, 1.82) is 0 Å². The van der Waals surface area contributed by atoms with E-state index in [0.29, 0.717) is 23.5 Å². The molecule has 0 saturated carbocycles. The van der Waals surface area contributed by atoms with Gasteiger partial charge in [-0.2, -0.15) is 5.10 Å². The Kier molecular flexibility index (Phi) is 5.47. The summed E-state index contributed by atoms with van der Waals surface area (Å²) in [4.78, 5) is 12.5. The predicted octanol–water partition coefficient (Wildman–Crippen LogP) is 5.66. The molecule has 0 unspecified atom stereocenters. The summed E-state index contributed by atoms with van der Waals surface area (Å²) in [6, 6.07) is 31.0. The number of nitrogens with one attached hydrogen (secondary N) is 2. The highest BCUT2D eigenvalue weighted by atomic mass is 16.1. The van der Waals surface area contributed by atoms with Crippen molar-refractivity contribution in [3.05, 3.63) is 114 Å². The maximum absolute atomic E-state index is 12.5. The van der Waals surface area contributed by atoms with Crippen LogP contribution >= 0.6 is 0 Å². The van der Waals surface area contributed by atoms with Gasteiger partial charge in [-0.3, -0.25) is 9.48 Å². The van der Waals surface area contributed by atoms with E-state index in [4.69, 9.17) is 5.73 Å². The van der Waals surface area contributed by atoms with E-state index in [-0.39, 0.29) is 5.91 Å². The van der Waals surface area contributed by atoms with Crippen LogP contribution in [0.5, 0.6) is 0 Å². The number of anilines is 4. The fourth-order valence-corrected chi connectivity index (χ4v) is 3.72. The van der Waals surface area contributed by atoms with E-state index in [1.807, 2.05) is 77.6 Å². The Morgan fingerprint density at radius 2 is 1.61 bits per heavy atom. The topological polar surface area (TPSA) is 85.0 Å². The molecule has 0 radical (unpaired) electrons. The Balaban J connectivity index is 1.28. The molecule has 1 aromatic heterocycles. The highest BCUT2D eigenvalue weighted by molar-refractivity contribution is 6.05. The standard InChI is InChI=1S/C27H23N5O/c28-24-8-4-5-9-25(24)31-27(33)20-12-10-19(11-13-20)18-32-26-15-14-23(16-21(26)17-29-32)30-22-6-2-1-3-7-22/h1-17,30H,18,28H2,(H,31,33). The van der Waals surface area contributed by atoms with Gasteiger partial charge in [-0.15, -0.1) is 0 Å². The van der Waals surface area contributed by atoms with Crippen LogP contribution in [-0.2, 0) is 6.54 Å². The summed E-state index contributed by atoms with van der Waals surface area (Å²) < 4.78 is 1.96. The number of para-hydroxylation sites is 3. The average molecular weight is 434 g/mol. The van der Waals surface area contributed by atoms with Crippen molar-refractivity contribution in [3.63, 3.8) is 0 Å². The first kappa shape index (κ1) is 20.3. The van der Waals surface area contributed by atoms with Crippen LogP contribution in [0.4, 0.5) is 22.7 Å². The normalized spacial score (nSPS) is 10.8. The number of nitrogens with zero attached hydrogens (tertiary/aromatic N) is 2. The lowest BCUT2D eigenvalue weighted by atomic mass is 10.1. The molecule has 5 rings (SSSR count). The van der Waals surface area contributed by atoms with Gasteiger partial charge in [-0.05, 0) is 60.2 Å². The van der Waals surface area contributed by atoms with Gasteiger partial charge in [-0.1, -0.05) is 42.5 Å². The Labute approximate surface area is 191 Å². The summed E-state index contributed by atoms with van der Waals surface area (Å²) in [5.41, 5.74) is 11.8. The number of hydrogen-bond acceptors (Lipinski definition) is 4. The minimum absolute atomic E-state index is 0.192. The number of carbonyl (C=O) groups is 1. The van der Waals surface area contributed by atoms with Crippen LogP contribution in [0.1, 0.15) is 15.9 Å². The van der Waals surface area contributed by atoms with Crippen LogP contribution < -0.4 is 16.4 Å². The smallest absolute Gasteiger partial charge is 0.255 e. The molecule has 4 aromatic carbocycles. The van der Waals surface area contributed by atoms with Crippen molar-refractivity contribution in [2.45, 2.75) is 6.54 Å². The molecule has 0 aliphatic carbocycles. The van der Waals surface area contributed by atoms with Crippen molar-refractivity contribution < 1.29 is 4.79 Å². The summed E-state index contributed by atoms with van der Waals surface area (Å²) in [5, 5.41) is 11.9. The molecule has 0 saturated heterocycles. The molecular weight excluding hydrogens is 410 g/mol. The molecule has 0 spiro atoms. The van der Waals surface area contributed by atoms with Crippen molar-refractivity contribution in [1.82, 2.24) is 9.78 Å². The molecule has 1 heterocycles. The maximum atomic E-state index is 12.5. The van der Waals surface area contributed by atoms with Crippen molar-refractivity contribution in [2.75, 3.05) is 16.4 Å². The van der Waals surface area contributed by atoms with Gasteiger partial charge in [0.15, 0.2) is 0 Å². The molecule has 0 aliphatic rings. The van der Waals surface area contributed by atoms with E-state index >= 15 is 0 Å². The van der Waals surface area contributed by atoms with Gasteiger partial charge in [0.05, 0.1) is 29.6 Å². The highest BCUT2D eigenvalue weighted by Gasteiger charge is 2.09. The van der Waals surface area contributed by atoms with Crippen molar-refractivity contribution in [2.24, 2.45) is 0 Å². The molecule has 5 aromatic rings. The fraction of sp³-hybridized carbons (Fsp3) is 0.0370. The lowest BCUT2D eigenvalue weighted by Gasteiger charge is -2.09. The lowest BCUT2D eigenvalue weighted by Crippen LogP contribution is -2.13. The number of fused-ring (bicyclic) bond motifs is 1. The molecule has 6 heteroatoms. The first-order valence-corrected chi connectivity index (χ1v) is 10.7. The second-order valence-electron chi connectivity index (χ2n) is 7.81. The monoisotopic (exact) mass is 433 g/mol. The van der Waals surface area contributed by atoms with Crippen molar-refractivity contribution in [3.8, 4) is 0 Å². The summed E-state index contributed by atoms with van der Waals surface area (Å²) in [6.07, 6.45) is 1.87. The molecule has 1 amide bonds. The van der Waals surface area contributed by atoms with Gasteiger partial charge in [0, 0.05) is 22.3 Å². The van der Waals surface area contributed by atoms with Crippen LogP contribution in [-0.4, -0.2) is 15.7 Å². The highest BCUT2D eigenvalue weighted by Crippen LogP contribution is 2.23. The fourth-order valence-electron chi connectivity index (χ4n) is 3.72. The van der Waals surface area contributed by atoms with Crippen LogP contribution in [0.3, 0.4) is 0 Å². The SMILES string of the molecule is Nc1ccccc1NC(=O)c1ccc(Cn2ncc3cc(Nc4ccccc4)ccc32)cc1. The van der Waals surface area contributed by atoms with Gasteiger partial charge >= 0.3 is 0 Å². The first-order chi connectivity index (χ1) is 16.2. The predicted molar refractivity (Wildman–Crippen MR) is 134 cm³/mol. The number of nitrogen functional groups attached to an aromatic ring is 1. The molecule has 0 fully saturated rings. The van der Waals surface area contributed by atoms with Gasteiger partial charge in [0.1, 0.15) is 0 Å². The lowest BCUT2D eigenvalue weighted by molar-refractivity contribution is 0.102. The summed E-state index contributed by atoms with van der Waals surface area (Å²) >= 11 is 0. The number of aromatic nitrogens is 2. The molecular formula is C27H23N5O. The van der Waals surface area contributed by atoms with Gasteiger partial charge in [-0.25, -0.2) is 0 Å². The Hall–Kier alpha value is -4.58. The zero-order valence-electron chi connectivity index (χ0n) is 17.9. The third-order valence-electron chi connectivity index (χ3n) is 5.46. The molecule has 33 heavy (non-hydrogen) atoms. The Bertz CT molecular complexity index is 1410. The third kappa shape index (κ3) is 4.55. The van der Waals surface area contributed by atoms with E-state index in [0.717, 1.165) is 27.8 Å². The third-order valence-corrected chi connectivity index (χ3v) is 5.46. The van der Waals surface area contributed by atoms with E-state index in [2.05, 4.69) is 33.9 Å². The Morgan fingerprint density at radius 1 is 0.848 bits per heavy atom. The van der Waals surface area contributed by atoms with Gasteiger partial charge in [0.25, 0.3) is 5.91 Å². The molecule has 6 nitrogen and oxygen atoms in total. The van der Waals surface area contributed by atoms with E-state index in [9.17, 15) is 4.79 Å². The molecule has 162 valence electrons. The molecule has 0 bridgehead atoms. The van der Waals surface area contributed by atoms with Gasteiger partial charge < -0.3 is 16.4 Å². The zero-order chi connectivity index (χ0) is 22.6. The molecule has 0 aliphatic heterocycles. The molecule has 4 N–H and O–H groups in total. The molecule has 0 atom stereocenters. The number of hydrogen-bond donors (Lipinski definition) is 3. The quantitative estimate of drug-likeness (QED) is 0.302. The minimum atomic E-state index is -0.192. The summed E-state index contributed by atoms with van der Waals surface area (Å²) in [7, 11) is 0. The van der Waals surface area contributed by atoms with Crippen LogP contribution in [0.25, 0.3) is 10.9 Å². The van der Waals surface area contributed by atoms with Gasteiger partial charge in [0.2, 0.25) is 0 Å². The first-order valence-electron chi connectivity index (χ1n) is 10.7. The number of amides is 1. The average Bonchev–Trinajstić information content (AvgIpc) is 3.23. The number of benzene rings is 4. The van der Waals surface area contributed by atoms with E-state index in [1.165, 1.54) is 0 Å².